The van der Waals surface area contributed by atoms with E-state index in [4.69, 9.17) is 0 Å². The maximum Gasteiger partial charge on any atom is 0.197 e. The molecule has 1 aromatic carbocycles. The van der Waals surface area contributed by atoms with Crippen molar-refractivity contribution < 1.29 is 4.39 Å². The second kappa shape index (κ2) is 5.20. The number of halogens is 1. The van der Waals surface area contributed by atoms with E-state index in [0.29, 0.717) is 11.3 Å². The molecule has 0 aliphatic rings. The zero-order valence-electron chi connectivity index (χ0n) is 11.2. The largest absolute Gasteiger partial charge is 0.258 e. The number of aromatic nitrogens is 4. The van der Waals surface area contributed by atoms with Gasteiger partial charge in [-0.25, -0.2) is 9.37 Å². The van der Waals surface area contributed by atoms with E-state index in [1.54, 1.807) is 12.1 Å². The summed E-state index contributed by atoms with van der Waals surface area (Å²) >= 11 is 1.45. The van der Waals surface area contributed by atoms with E-state index in [-0.39, 0.29) is 5.82 Å². The van der Waals surface area contributed by atoms with Gasteiger partial charge in [0.25, 0.3) is 0 Å². The molecule has 0 saturated heterocycles. The summed E-state index contributed by atoms with van der Waals surface area (Å²) in [4.78, 5) is 4.40. The van der Waals surface area contributed by atoms with Crippen LogP contribution >= 0.6 is 11.8 Å². The Bertz CT molecular complexity index is 769. The van der Waals surface area contributed by atoms with Gasteiger partial charge in [-0.2, -0.15) is 0 Å². The quantitative estimate of drug-likeness (QED) is 0.694. The summed E-state index contributed by atoms with van der Waals surface area (Å²) in [7, 11) is 0. The van der Waals surface area contributed by atoms with Crippen LogP contribution < -0.4 is 0 Å². The van der Waals surface area contributed by atoms with Crippen LogP contribution in [-0.2, 0) is 5.75 Å². The monoisotopic (exact) mass is 288 g/mol. The van der Waals surface area contributed by atoms with E-state index in [1.165, 1.54) is 17.8 Å². The number of hydrogen-bond acceptors (Lipinski definition) is 4. The van der Waals surface area contributed by atoms with Crippen molar-refractivity contribution in [3.8, 4) is 0 Å². The van der Waals surface area contributed by atoms with Gasteiger partial charge in [0.05, 0.1) is 0 Å². The third-order valence-electron chi connectivity index (χ3n) is 2.97. The smallest absolute Gasteiger partial charge is 0.197 e. The second-order valence-electron chi connectivity index (χ2n) is 4.50. The lowest BCUT2D eigenvalue weighted by molar-refractivity contribution is 0.617. The molecule has 2 aromatic heterocycles. The molecule has 0 saturated carbocycles. The van der Waals surface area contributed by atoms with Crippen molar-refractivity contribution in [2.75, 3.05) is 0 Å². The summed E-state index contributed by atoms with van der Waals surface area (Å²) in [5, 5.41) is 9.02. The lowest BCUT2D eigenvalue weighted by atomic mass is 10.2. The van der Waals surface area contributed by atoms with Crippen LogP contribution in [0.4, 0.5) is 4.39 Å². The molecule has 0 amide bonds. The van der Waals surface area contributed by atoms with Gasteiger partial charge in [-0.15, -0.1) is 10.2 Å². The Balaban J connectivity index is 1.90. The highest BCUT2D eigenvalue weighted by Gasteiger charge is 2.11. The molecular weight excluding hydrogens is 275 g/mol. The first kappa shape index (κ1) is 13.1. The number of benzene rings is 1. The Kier molecular flexibility index (Phi) is 3.40. The summed E-state index contributed by atoms with van der Waals surface area (Å²) < 4.78 is 15.5. The number of rotatable bonds is 3. The van der Waals surface area contributed by atoms with Crippen LogP contribution in [-0.4, -0.2) is 19.6 Å². The van der Waals surface area contributed by atoms with Crippen molar-refractivity contribution in [3.05, 3.63) is 53.2 Å². The minimum absolute atomic E-state index is 0.195. The first-order valence-electron chi connectivity index (χ1n) is 6.21. The summed E-state index contributed by atoms with van der Waals surface area (Å²) in [6, 6.07) is 8.64. The summed E-state index contributed by atoms with van der Waals surface area (Å²) in [5.41, 5.74) is 2.34. The molecule has 0 bridgehead atoms. The molecule has 0 atom stereocenters. The maximum atomic E-state index is 13.6. The van der Waals surface area contributed by atoms with Gasteiger partial charge < -0.3 is 0 Å². The molecule has 4 nitrogen and oxygen atoms in total. The fourth-order valence-electron chi connectivity index (χ4n) is 2.05. The van der Waals surface area contributed by atoms with Crippen molar-refractivity contribution in [2.45, 2.75) is 24.8 Å². The van der Waals surface area contributed by atoms with E-state index in [1.807, 2.05) is 30.4 Å². The molecule has 0 N–H and O–H groups in total. The molecule has 0 unspecified atom stereocenters. The maximum absolute atomic E-state index is 13.6. The molecular formula is C14H13FN4S. The summed E-state index contributed by atoms with van der Waals surface area (Å²) in [6.45, 7) is 3.84. The molecule has 0 aliphatic carbocycles. The van der Waals surface area contributed by atoms with Gasteiger partial charge in [0.15, 0.2) is 10.8 Å². The molecule has 0 aliphatic heterocycles. The summed E-state index contributed by atoms with van der Waals surface area (Å²) in [5.74, 6) is 1.15. The summed E-state index contributed by atoms with van der Waals surface area (Å²) in [6.07, 6.45) is 0. The van der Waals surface area contributed by atoms with Crippen LogP contribution in [0, 0.1) is 19.7 Å². The number of aryl methyl sites for hydroxylation is 2. The highest BCUT2D eigenvalue weighted by Crippen LogP contribution is 2.23. The first-order chi connectivity index (χ1) is 9.65. The van der Waals surface area contributed by atoms with Gasteiger partial charge in [-0.05, 0) is 25.5 Å². The highest BCUT2D eigenvalue weighted by molar-refractivity contribution is 7.98. The van der Waals surface area contributed by atoms with Crippen molar-refractivity contribution in [1.29, 1.82) is 0 Å². The van der Waals surface area contributed by atoms with Crippen LogP contribution in [0.15, 0.2) is 35.5 Å². The Morgan fingerprint density at radius 3 is 2.80 bits per heavy atom. The number of fused-ring (bicyclic) bond motifs is 1. The topological polar surface area (TPSA) is 43.1 Å². The molecule has 0 radical (unpaired) electrons. The fraction of sp³-hybridized carbons (Fsp3) is 0.214. The fourth-order valence-corrected chi connectivity index (χ4v) is 3.03. The van der Waals surface area contributed by atoms with Crippen LogP contribution in [0.3, 0.4) is 0 Å². The van der Waals surface area contributed by atoms with Crippen molar-refractivity contribution >= 4 is 17.4 Å². The van der Waals surface area contributed by atoms with Gasteiger partial charge in [0.1, 0.15) is 11.6 Å². The number of thioether (sulfide) groups is 1. The molecule has 102 valence electrons. The first-order valence-corrected chi connectivity index (χ1v) is 7.19. The van der Waals surface area contributed by atoms with Crippen LogP contribution in [0.25, 0.3) is 5.65 Å². The minimum atomic E-state index is -0.195. The zero-order valence-corrected chi connectivity index (χ0v) is 12.0. The van der Waals surface area contributed by atoms with E-state index in [9.17, 15) is 4.39 Å². The van der Waals surface area contributed by atoms with Crippen LogP contribution in [0.5, 0.6) is 0 Å². The van der Waals surface area contributed by atoms with Crippen LogP contribution in [0.1, 0.15) is 17.1 Å². The van der Waals surface area contributed by atoms with Gasteiger partial charge in [-0.1, -0.05) is 30.0 Å². The molecule has 6 heteroatoms. The third-order valence-corrected chi connectivity index (χ3v) is 3.95. The van der Waals surface area contributed by atoms with E-state index in [0.717, 1.165) is 22.3 Å². The lowest BCUT2D eigenvalue weighted by Crippen LogP contribution is -1.99. The second-order valence-corrected chi connectivity index (χ2v) is 5.44. The predicted molar refractivity (Wildman–Crippen MR) is 76.2 cm³/mol. The SMILES string of the molecule is Cc1cc2nnc(SCc3ccccc3F)n2c(C)n1. The van der Waals surface area contributed by atoms with Gasteiger partial charge in [-0.3, -0.25) is 4.40 Å². The average Bonchev–Trinajstić information content (AvgIpc) is 2.81. The van der Waals surface area contributed by atoms with E-state index >= 15 is 0 Å². The molecule has 0 fully saturated rings. The van der Waals surface area contributed by atoms with Crippen molar-refractivity contribution in [2.24, 2.45) is 0 Å². The molecule has 3 rings (SSSR count). The Morgan fingerprint density at radius 2 is 2.00 bits per heavy atom. The zero-order chi connectivity index (χ0) is 14.1. The van der Waals surface area contributed by atoms with E-state index in [2.05, 4.69) is 15.2 Å². The standard InChI is InChI=1S/C14H13FN4S/c1-9-7-13-17-18-14(19(13)10(2)16-9)20-8-11-5-3-4-6-12(11)15/h3-7H,8H2,1-2H3. The van der Waals surface area contributed by atoms with E-state index < -0.39 is 0 Å². The lowest BCUT2D eigenvalue weighted by Gasteiger charge is -2.04. The highest BCUT2D eigenvalue weighted by atomic mass is 32.2. The predicted octanol–water partition coefficient (Wildman–Crippen LogP) is 3.17. The number of hydrogen-bond donors (Lipinski definition) is 0. The normalized spacial score (nSPS) is 11.2. The van der Waals surface area contributed by atoms with Gasteiger partial charge in [0.2, 0.25) is 0 Å². The third kappa shape index (κ3) is 2.38. The molecule has 20 heavy (non-hydrogen) atoms. The molecule has 2 heterocycles. The number of nitrogens with zero attached hydrogens (tertiary/aromatic N) is 4. The average molecular weight is 288 g/mol. The minimum Gasteiger partial charge on any atom is -0.258 e. The molecule has 3 aromatic rings. The van der Waals surface area contributed by atoms with Crippen molar-refractivity contribution in [3.63, 3.8) is 0 Å². The Morgan fingerprint density at radius 1 is 1.20 bits per heavy atom. The Labute approximate surface area is 120 Å². The molecule has 0 spiro atoms. The van der Waals surface area contributed by atoms with Gasteiger partial charge in [0, 0.05) is 17.5 Å². The van der Waals surface area contributed by atoms with Crippen molar-refractivity contribution in [1.82, 2.24) is 19.6 Å². The Hall–Kier alpha value is -1.95. The van der Waals surface area contributed by atoms with Crippen LogP contribution in [0.2, 0.25) is 0 Å². The van der Waals surface area contributed by atoms with Gasteiger partial charge >= 0.3 is 0 Å².